The first kappa shape index (κ1) is 17.5. The van der Waals surface area contributed by atoms with Crippen LogP contribution in [-0.2, 0) is 19.3 Å². The average Bonchev–Trinajstić information content (AvgIpc) is 2.35. The highest BCUT2D eigenvalue weighted by Crippen LogP contribution is 2.04. The van der Waals surface area contributed by atoms with Crippen molar-refractivity contribution in [2.75, 3.05) is 13.1 Å². The van der Waals surface area contributed by atoms with Gasteiger partial charge in [-0.15, -0.1) is 0 Å². The summed E-state index contributed by atoms with van der Waals surface area (Å²) in [5.74, 6) is -1.15. The number of carbonyl (C=O) groups is 2. The van der Waals surface area contributed by atoms with Gasteiger partial charge in [-0.1, -0.05) is 34.6 Å². The van der Waals surface area contributed by atoms with E-state index in [-0.39, 0.29) is 12.8 Å². The molecule has 2 N–H and O–H groups in total. The smallest absolute Gasteiger partial charge is 0.342 e. The molecule has 0 heterocycles. The lowest BCUT2D eigenvalue weighted by Gasteiger charge is -2.16. The summed E-state index contributed by atoms with van der Waals surface area (Å²) in [6.45, 7) is 4.41. The minimum absolute atomic E-state index is 0.00598. The van der Waals surface area contributed by atoms with E-state index in [2.05, 4.69) is 25.6 Å². The maximum absolute atomic E-state index is 11.4. The predicted molar refractivity (Wildman–Crippen MR) is 72.1 cm³/mol. The Kier molecular flexibility index (Phi) is 9.20. The molecule has 0 amide bonds. The average molecular weight is 297 g/mol. The molecule has 0 aliphatic rings. The Morgan fingerprint density at radius 1 is 1.17 bits per heavy atom. The molecule has 0 saturated heterocycles. The van der Waals surface area contributed by atoms with E-state index in [0.29, 0.717) is 13.1 Å². The van der Waals surface area contributed by atoms with E-state index >= 15 is 0 Å². The van der Waals surface area contributed by atoms with Crippen molar-refractivity contribution in [2.24, 2.45) is 5.73 Å². The van der Waals surface area contributed by atoms with Crippen LogP contribution in [0, 0.1) is 0 Å². The second-order valence-corrected chi connectivity index (χ2v) is 4.25. The number of nitrogens with zero attached hydrogens (tertiary/aromatic N) is 2. The zero-order chi connectivity index (χ0) is 14.1. The molecule has 0 aromatic rings. The van der Waals surface area contributed by atoms with Gasteiger partial charge in [-0.3, -0.25) is 4.79 Å². The van der Waals surface area contributed by atoms with Crippen LogP contribution in [0.25, 0.3) is 0 Å². The van der Waals surface area contributed by atoms with Gasteiger partial charge in [0, 0.05) is 19.5 Å². The van der Waals surface area contributed by atoms with Gasteiger partial charge >= 0.3 is 11.9 Å². The molecule has 0 unspecified atom stereocenters. The lowest BCUT2D eigenvalue weighted by molar-refractivity contribution is -0.170. The topological polar surface area (TPSA) is 85.1 Å². The van der Waals surface area contributed by atoms with Crippen LogP contribution in [0.3, 0.4) is 0 Å². The first-order valence-corrected chi connectivity index (χ1v) is 6.31. The van der Waals surface area contributed by atoms with Crippen molar-refractivity contribution >= 4 is 37.6 Å². The van der Waals surface area contributed by atoms with Crippen LogP contribution in [-0.4, -0.2) is 40.0 Å². The molecule has 9 heteroatoms. The second-order valence-electron chi connectivity index (χ2n) is 3.36. The van der Waals surface area contributed by atoms with E-state index in [4.69, 9.17) is 15.4 Å². The maximum Gasteiger partial charge on any atom is 0.342 e. The summed E-state index contributed by atoms with van der Waals surface area (Å²) in [4.78, 5) is 32.2. The molecule has 7 nitrogen and oxygen atoms in total. The monoisotopic (exact) mass is 297 g/mol. The van der Waals surface area contributed by atoms with E-state index in [0.717, 1.165) is 8.94 Å². The molecule has 0 bridgehead atoms. The van der Waals surface area contributed by atoms with Crippen molar-refractivity contribution in [3.05, 3.63) is 0 Å². The van der Waals surface area contributed by atoms with E-state index in [9.17, 15) is 9.59 Å². The molecule has 106 valence electrons. The first-order chi connectivity index (χ1) is 8.40. The molecule has 0 saturated carbocycles. The second kappa shape index (κ2) is 9.45. The fourth-order valence-electron chi connectivity index (χ4n) is 0.855. The Morgan fingerprint density at radius 3 is 2.17 bits per heavy atom. The lowest BCUT2D eigenvalue weighted by Crippen LogP contribution is -2.36. The molecule has 0 spiro atoms. The third kappa shape index (κ3) is 7.77. The van der Waals surface area contributed by atoms with Gasteiger partial charge in [0.15, 0.2) is 0 Å². The number of nitrogens with two attached hydrogens (primary N) is 1. The molecule has 0 aliphatic heterocycles. The molecular formula is C9H19N3O4S2. The van der Waals surface area contributed by atoms with E-state index in [1.54, 1.807) is 13.8 Å². The van der Waals surface area contributed by atoms with Gasteiger partial charge in [-0.05, 0) is 20.3 Å². The third-order valence-corrected chi connectivity index (χ3v) is 2.63. The number of hydrogen-bond acceptors (Lipinski definition) is 9. The van der Waals surface area contributed by atoms with Crippen molar-refractivity contribution in [3.63, 3.8) is 0 Å². The molecular weight excluding hydrogens is 278 g/mol. The van der Waals surface area contributed by atoms with Crippen LogP contribution in [0.1, 0.15) is 26.7 Å². The van der Waals surface area contributed by atoms with Crippen LogP contribution < -0.4 is 5.73 Å². The quantitative estimate of drug-likeness (QED) is 0.440. The molecule has 0 rings (SSSR count). The van der Waals surface area contributed by atoms with Gasteiger partial charge in [0.2, 0.25) is 0 Å². The van der Waals surface area contributed by atoms with Gasteiger partial charge in [0.1, 0.15) is 6.04 Å². The number of thiol groups is 2. The van der Waals surface area contributed by atoms with Crippen LogP contribution in [0.2, 0.25) is 0 Å². The molecule has 0 aromatic carbocycles. The summed E-state index contributed by atoms with van der Waals surface area (Å²) >= 11 is 7.72. The minimum atomic E-state index is -0.895. The summed E-state index contributed by atoms with van der Waals surface area (Å²) in [5, 5.41) is 0. The lowest BCUT2D eigenvalue weighted by atomic mass is 10.2. The SMILES string of the molecule is CCN(S)OC(=O)CC[C@H](N)C(=O)ON(S)CC. The van der Waals surface area contributed by atoms with Crippen LogP contribution >= 0.6 is 25.6 Å². The number of hydrogen-bond donors (Lipinski definition) is 3. The van der Waals surface area contributed by atoms with Gasteiger partial charge < -0.3 is 15.4 Å². The van der Waals surface area contributed by atoms with Crippen molar-refractivity contribution in [3.8, 4) is 0 Å². The van der Waals surface area contributed by atoms with Gasteiger partial charge in [0.05, 0.1) is 0 Å². The van der Waals surface area contributed by atoms with Crippen molar-refractivity contribution in [2.45, 2.75) is 32.7 Å². The van der Waals surface area contributed by atoms with Gasteiger partial charge in [-0.25, -0.2) is 4.79 Å². The third-order valence-electron chi connectivity index (χ3n) is 1.91. The van der Waals surface area contributed by atoms with E-state index in [1.165, 1.54) is 0 Å². The summed E-state index contributed by atoms with van der Waals surface area (Å²) in [6.07, 6.45) is 0.139. The van der Waals surface area contributed by atoms with Crippen molar-refractivity contribution in [1.29, 1.82) is 0 Å². The normalized spacial score (nSPS) is 12.6. The minimum Gasteiger partial charge on any atom is -0.358 e. The largest absolute Gasteiger partial charge is 0.358 e. The zero-order valence-corrected chi connectivity index (χ0v) is 12.2. The van der Waals surface area contributed by atoms with Gasteiger partial charge in [0.25, 0.3) is 0 Å². The predicted octanol–water partition coefficient (Wildman–Crippen LogP) is 0.344. The Hall–Kier alpha value is -0.480. The fourth-order valence-corrected chi connectivity index (χ4v) is 1.03. The molecule has 1 atom stereocenters. The van der Waals surface area contributed by atoms with Crippen LogP contribution in [0.4, 0.5) is 0 Å². The van der Waals surface area contributed by atoms with Gasteiger partial charge in [-0.2, -0.15) is 0 Å². The molecule has 0 aromatic heterocycles. The molecule has 0 fully saturated rings. The molecule has 0 radical (unpaired) electrons. The number of rotatable bonds is 8. The first-order valence-electron chi connectivity index (χ1n) is 5.51. The molecule has 18 heavy (non-hydrogen) atoms. The maximum atomic E-state index is 11.4. The Morgan fingerprint density at radius 2 is 1.67 bits per heavy atom. The van der Waals surface area contributed by atoms with Crippen molar-refractivity contribution in [1.82, 2.24) is 8.94 Å². The Balaban J connectivity index is 3.91. The summed E-state index contributed by atoms with van der Waals surface area (Å²) in [5.41, 5.74) is 5.56. The Bertz CT molecular complexity index is 281. The summed E-state index contributed by atoms with van der Waals surface area (Å²) in [6, 6.07) is -0.895. The highest BCUT2D eigenvalue weighted by Gasteiger charge is 2.19. The van der Waals surface area contributed by atoms with E-state index in [1.807, 2.05) is 0 Å². The Labute approximate surface area is 118 Å². The fraction of sp³-hybridized carbons (Fsp3) is 0.778. The zero-order valence-electron chi connectivity index (χ0n) is 10.4. The van der Waals surface area contributed by atoms with E-state index < -0.39 is 18.0 Å². The van der Waals surface area contributed by atoms with Crippen molar-refractivity contribution < 1.29 is 19.3 Å². The van der Waals surface area contributed by atoms with Crippen LogP contribution in [0.5, 0.6) is 0 Å². The summed E-state index contributed by atoms with van der Waals surface area (Å²) in [7, 11) is 0. The molecule has 0 aliphatic carbocycles. The number of hydroxylamine groups is 2. The highest BCUT2D eigenvalue weighted by molar-refractivity contribution is 7.77. The standard InChI is InChI=1S/C9H19N3O4S2/c1-3-11(17)15-8(13)6-5-7(10)9(14)16-12(18)4-2/h7,17-18H,3-6,10H2,1-2H3/t7-/m0/s1. The highest BCUT2D eigenvalue weighted by atomic mass is 32.1. The number of carbonyl (C=O) groups excluding carboxylic acids is 2. The van der Waals surface area contributed by atoms with Crippen LogP contribution in [0.15, 0.2) is 0 Å². The summed E-state index contributed by atoms with van der Waals surface area (Å²) < 4.78 is 2.16.